The maximum absolute atomic E-state index is 11.0. The summed E-state index contributed by atoms with van der Waals surface area (Å²) >= 11 is 4.62. The highest BCUT2D eigenvalue weighted by Crippen LogP contribution is 2.35. The quantitative estimate of drug-likeness (QED) is 0.231. The molecule has 11 heteroatoms. The first-order valence-electron chi connectivity index (χ1n) is 7.07. The first-order valence-corrected chi connectivity index (χ1v) is 7.48. The molecule has 0 aliphatic rings. The number of rotatable bonds is 6. The van der Waals surface area contributed by atoms with Crippen molar-refractivity contribution in [2.75, 3.05) is 7.11 Å². The van der Waals surface area contributed by atoms with E-state index < -0.39 is 4.92 Å². The number of azo groups is 1. The van der Waals surface area contributed by atoms with Crippen molar-refractivity contribution >= 4 is 40.6 Å². The number of thiocarbonyl (C=S) groups is 1. The molecule has 4 N–H and O–H groups in total. The largest absolute Gasteiger partial charge is 0.504 e. The van der Waals surface area contributed by atoms with E-state index in [1.54, 1.807) is 6.07 Å². The zero-order valence-electron chi connectivity index (χ0n) is 13.5. The van der Waals surface area contributed by atoms with Crippen LogP contribution in [-0.2, 0) is 0 Å². The van der Waals surface area contributed by atoms with E-state index in [1.807, 2.05) is 0 Å². The number of nitrogens with one attached hydrogen (secondary N) is 1. The predicted molar refractivity (Wildman–Crippen MR) is 99.4 cm³/mol. The molecule has 0 fully saturated rings. The number of benzene rings is 2. The van der Waals surface area contributed by atoms with Gasteiger partial charge >= 0.3 is 0 Å². The Kier molecular flexibility index (Phi) is 6.11. The average molecular weight is 374 g/mol. The zero-order valence-corrected chi connectivity index (χ0v) is 14.3. The van der Waals surface area contributed by atoms with Crippen LogP contribution in [0.2, 0.25) is 0 Å². The van der Waals surface area contributed by atoms with Crippen LogP contribution in [0.5, 0.6) is 11.5 Å². The zero-order chi connectivity index (χ0) is 19.1. The number of nitro benzene ring substituents is 1. The summed E-state index contributed by atoms with van der Waals surface area (Å²) < 4.78 is 5.08. The van der Waals surface area contributed by atoms with Crippen LogP contribution >= 0.6 is 12.2 Å². The Bertz CT molecular complexity index is 900. The minimum Gasteiger partial charge on any atom is -0.504 e. The molecule has 0 aromatic heterocycles. The summed E-state index contributed by atoms with van der Waals surface area (Å²) in [5, 5.41) is 32.7. The van der Waals surface area contributed by atoms with Gasteiger partial charge in [-0.2, -0.15) is 10.2 Å². The molecule has 2 rings (SSSR count). The van der Waals surface area contributed by atoms with Gasteiger partial charge in [-0.1, -0.05) is 12.1 Å². The lowest BCUT2D eigenvalue weighted by Crippen LogP contribution is -2.23. The Morgan fingerprint density at radius 3 is 2.77 bits per heavy atom. The van der Waals surface area contributed by atoms with E-state index in [2.05, 4.69) is 33.0 Å². The molecule has 0 saturated carbocycles. The molecular weight excluding hydrogens is 360 g/mol. The van der Waals surface area contributed by atoms with E-state index in [4.69, 9.17) is 10.5 Å². The highest BCUT2D eigenvalue weighted by atomic mass is 32.1. The SMILES string of the molecule is COc1cc(N=Nc2ccccc2[N+](=O)[O-])cc(/C=N/NC(N)=S)c1O. The predicted octanol–water partition coefficient (Wildman–Crippen LogP) is 2.89. The van der Waals surface area contributed by atoms with Gasteiger partial charge < -0.3 is 15.6 Å². The topological polar surface area (TPSA) is 148 Å². The van der Waals surface area contributed by atoms with Crippen molar-refractivity contribution in [2.45, 2.75) is 0 Å². The number of nitrogens with zero attached hydrogens (tertiary/aromatic N) is 4. The molecule has 26 heavy (non-hydrogen) atoms. The van der Waals surface area contributed by atoms with Crippen LogP contribution in [0.4, 0.5) is 17.1 Å². The minimum absolute atomic E-state index is 0.0417. The number of phenols is 1. The number of hydrazone groups is 1. The molecule has 0 aliphatic carbocycles. The van der Waals surface area contributed by atoms with Gasteiger partial charge in [0.1, 0.15) is 0 Å². The van der Waals surface area contributed by atoms with Gasteiger partial charge in [-0.25, -0.2) is 0 Å². The normalized spacial score (nSPS) is 11.0. The van der Waals surface area contributed by atoms with Crippen LogP contribution in [0.3, 0.4) is 0 Å². The maximum Gasteiger partial charge on any atom is 0.296 e. The summed E-state index contributed by atoms with van der Waals surface area (Å²) in [7, 11) is 1.37. The summed E-state index contributed by atoms with van der Waals surface area (Å²) in [5.41, 5.74) is 8.07. The van der Waals surface area contributed by atoms with Crippen LogP contribution in [0, 0.1) is 10.1 Å². The number of methoxy groups -OCH3 is 1. The molecule has 0 radical (unpaired) electrons. The maximum atomic E-state index is 11.0. The summed E-state index contributed by atoms with van der Waals surface area (Å²) in [4.78, 5) is 10.5. The third kappa shape index (κ3) is 4.70. The van der Waals surface area contributed by atoms with Gasteiger partial charge in [-0.05, 0) is 24.4 Å². The van der Waals surface area contributed by atoms with Crippen molar-refractivity contribution < 1.29 is 14.8 Å². The lowest BCUT2D eigenvalue weighted by atomic mass is 10.2. The number of phenolic OH excluding ortho intramolecular Hbond substituents is 1. The second-order valence-electron chi connectivity index (χ2n) is 4.77. The highest BCUT2D eigenvalue weighted by molar-refractivity contribution is 7.80. The molecule has 134 valence electrons. The fourth-order valence-corrected chi connectivity index (χ4v) is 1.96. The number of nitro groups is 1. The standard InChI is InChI=1S/C15H14N6O4S/c1-25-13-7-10(6-9(14(13)22)8-17-20-15(16)26)18-19-11-4-2-3-5-12(11)21(23)24/h2-8,22H,1H3,(H3,16,20,26)/b17-8+,19-18?. The van der Waals surface area contributed by atoms with Gasteiger partial charge in [0.25, 0.3) is 5.69 Å². The molecule has 0 heterocycles. The summed E-state index contributed by atoms with van der Waals surface area (Å²) in [6.07, 6.45) is 1.26. The second-order valence-corrected chi connectivity index (χ2v) is 5.21. The van der Waals surface area contributed by atoms with E-state index in [1.165, 1.54) is 43.7 Å². The third-order valence-electron chi connectivity index (χ3n) is 3.04. The molecule has 0 aliphatic heterocycles. The molecule has 2 aromatic rings. The number of hydrogen-bond acceptors (Lipinski definition) is 8. The molecule has 0 amide bonds. The summed E-state index contributed by atoms with van der Waals surface area (Å²) in [5.74, 6) is -0.0496. The summed E-state index contributed by atoms with van der Waals surface area (Å²) in [6.45, 7) is 0. The first-order chi connectivity index (χ1) is 12.4. The summed E-state index contributed by atoms with van der Waals surface area (Å²) in [6, 6.07) is 8.81. The highest BCUT2D eigenvalue weighted by Gasteiger charge is 2.13. The smallest absolute Gasteiger partial charge is 0.296 e. The average Bonchev–Trinajstić information content (AvgIpc) is 2.61. The Hall–Kier alpha value is -3.60. The molecule has 0 bridgehead atoms. The van der Waals surface area contributed by atoms with Crippen LogP contribution in [-0.4, -0.2) is 28.5 Å². The molecule has 0 saturated heterocycles. The van der Waals surface area contributed by atoms with Crippen molar-refractivity contribution in [1.29, 1.82) is 0 Å². The fraction of sp³-hybridized carbons (Fsp3) is 0.0667. The van der Waals surface area contributed by atoms with Crippen molar-refractivity contribution in [2.24, 2.45) is 21.1 Å². The van der Waals surface area contributed by atoms with Crippen LogP contribution in [0.25, 0.3) is 0 Å². The lowest BCUT2D eigenvalue weighted by molar-refractivity contribution is -0.384. The number of ether oxygens (including phenoxy) is 1. The van der Waals surface area contributed by atoms with Gasteiger partial charge in [0, 0.05) is 17.7 Å². The number of para-hydroxylation sites is 1. The van der Waals surface area contributed by atoms with E-state index in [0.29, 0.717) is 0 Å². The Morgan fingerprint density at radius 1 is 1.38 bits per heavy atom. The number of aromatic hydroxyl groups is 1. The lowest BCUT2D eigenvalue weighted by Gasteiger charge is -2.07. The molecule has 0 spiro atoms. The second kappa shape index (κ2) is 8.48. The number of nitrogens with two attached hydrogens (primary N) is 1. The van der Waals surface area contributed by atoms with Gasteiger partial charge in [0.05, 0.1) is 23.9 Å². The Labute approximate surface area is 153 Å². The Morgan fingerprint density at radius 2 is 2.12 bits per heavy atom. The van der Waals surface area contributed by atoms with E-state index >= 15 is 0 Å². The van der Waals surface area contributed by atoms with Crippen LogP contribution < -0.4 is 15.9 Å². The molecule has 0 atom stereocenters. The van der Waals surface area contributed by atoms with E-state index in [-0.39, 0.29) is 39.2 Å². The Balaban J connectivity index is 2.39. The van der Waals surface area contributed by atoms with Gasteiger partial charge in [0.2, 0.25) is 0 Å². The van der Waals surface area contributed by atoms with E-state index in [0.717, 1.165) is 0 Å². The monoisotopic (exact) mass is 374 g/mol. The van der Waals surface area contributed by atoms with Gasteiger partial charge in [-0.15, -0.1) is 5.11 Å². The van der Waals surface area contributed by atoms with Crippen molar-refractivity contribution in [3.8, 4) is 11.5 Å². The van der Waals surface area contributed by atoms with Crippen LogP contribution in [0.1, 0.15) is 5.56 Å². The molecule has 0 unspecified atom stereocenters. The van der Waals surface area contributed by atoms with E-state index in [9.17, 15) is 15.2 Å². The van der Waals surface area contributed by atoms with Crippen molar-refractivity contribution in [3.63, 3.8) is 0 Å². The molecule has 2 aromatic carbocycles. The van der Waals surface area contributed by atoms with Crippen LogP contribution in [0.15, 0.2) is 51.7 Å². The van der Waals surface area contributed by atoms with Crippen molar-refractivity contribution in [3.05, 3.63) is 52.1 Å². The van der Waals surface area contributed by atoms with Gasteiger partial charge in [0.15, 0.2) is 22.3 Å². The first kappa shape index (κ1) is 18.7. The molecule has 10 nitrogen and oxygen atoms in total. The minimum atomic E-state index is -0.550. The third-order valence-corrected chi connectivity index (χ3v) is 3.13. The van der Waals surface area contributed by atoms with Gasteiger partial charge in [-0.3, -0.25) is 15.5 Å². The molecular formula is C15H14N6O4S. The van der Waals surface area contributed by atoms with Crippen molar-refractivity contribution in [1.82, 2.24) is 5.43 Å². The fourth-order valence-electron chi connectivity index (χ4n) is 1.91. The number of hydrogen-bond donors (Lipinski definition) is 3.